The fraction of sp³-hybridized carbons (Fsp3) is 0.174. The summed E-state index contributed by atoms with van der Waals surface area (Å²) in [6.45, 7) is 3.79. The molecule has 0 heterocycles. The number of hydrogen-bond donors (Lipinski definition) is 1. The molecular weight excluding hydrogens is 340 g/mol. The van der Waals surface area contributed by atoms with E-state index in [-0.39, 0.29) is 17.1 Å². The van der Waals surface area contributed by atoms with Gasteiger partial charge in [0.25, 0.3) is 0 Å². The van der Waals surface area contributed by atoms with Crippen LogP contribution in [0.1, 0.15) is 34.0 Å². The third-order valence-electron chi connectivity index (χ3n) is 4.30. The Morgan fingerprint density at radius 2 is 1.33 bits per heavy atom. The minimum absolute atomic E-state index is 0.101. The molecule has 0 radical (unpaired) electrons. The van der Waals surface area contributed by atoms with Gasteiger partial charge < -0.3 is 14.6 Å². The fourth-order valence-electron chi connectivity index (χ4n) is 2.80. The van der Waals surface area contributed by atoms with E-state index in [4.69, 9.17) is 9.47 Å². The molecule has 1 N–H and O–H groups in total. The topological polar surface area (TPSA) is 55.8 Å². The third kappa shape index (κ3) is 4.47. The van der Waals surface area contributed by atoms with Crippen molar-refractivity contribution in [2.24, 2.45) is 0 Å². The molecule has 0 atom stereocenters. The summed E-state index contributed by atoms with van der Waals surface area (Å²) in [6, 6.07) is 21.1. The summed E-state index contributed by atoms with van der Waals surface area (Å²) in [5.74, 6) is 0.450. The van der Waals surface area contributed by atoms with Crippen molar-refractivity contribution in [2.75, 3.05) is 0 Å². The maximum atomic E-state index is 12.1. The largest absolute Gasteiger partial charge is 0.507 e. The van der Waals surface area contributed by atoms with Gasteiger partial charge in [0.2, 0.25) is 0 Å². The molecule has 0 amide bonds. The average Bonchev–Trinajstić information content (AvgIpc) is 2.69. The van der Waals surface area contributed by atoms with E-state index in [1.807, 2.05) is 60.7 Å². The molecule has 0 bridgehead atoms. The Bertz CT molecular complexity index is 918. The number of ketones is 1. The quantitative estimate of drug-likeness (QED) is 0.597. The lowest BCUT2D eigenvalue weighted by atomic mass is 10.0. The molecule has 0 aliphatic carbocycles. The molecule has 0 spiro atoms. The van der Waals surface area contributed by atoms with E-state index in [0.29, 0.717) is 30.3 Å². The van der Waals surface area contributed by atoms with Gasteiger partial charge >= 0.3 is 0 Å². The first-order chi connectivity index (χ1) is 13.1. The molecule has 0 aromatic heterocycles. The Morgan fingerprint density at radius 1 is 0.852 bits per heavy atom. The fourth-order valence-corrected chi connectivity index (χ4v) is 2.80. The summed E-state index contributed by atoms with van der Waals surface area (Å²) < 4.78 is 11.7. The zero-order chi connectivity index (χ0) is 19.2. The number of benzene rings is 3. The predicted octanol–water partition coefficient (Wildman–Crippen LogP) is 5.06. The van der Waals surface area contributed by atoms with Gasteiger partial charge in [0.15, 0.2) is 5.78 Å². The van der Waals surface area contributed by atoms with Crippen molar-refractivity contribution in [3.8, 4) is 17.2 Å². The maximum Gasteiger partial charge on any atom is 0.167 e. The van der Waals surface area contributed by atoms with Gasteiger partial charge in [-0.25, -0.2) is 0 Å². The van der Waals surface area contributed by atoms with Crippen LogP contribution in [0.2, 0.25) is 0 Å². The normalized spacial score (nSPS) is 10.4. The van der Waals surface area contributed by atoms with Gasteiger partial charge in [-0.2, -0.15) is 0 Å². The number of ether oxygens (including phenoxy) is 2. The van der Waals surface area contributed by atoms with Crippen molar-refractivity contribution in [3.63, 3.8) is 0 Å². The van der Waals surface area contributed by atoms with E-state index in [9.17, 15) is 9.90 Å². The highest BCUT2D eigenvalue weighted by Crippen LogP contribution is 2.39. The average molecular weight is 362 g/mol. The molecule has 4 heteroatoms. The molecule has 0 saturated carbocycles. The molecule has 3 aromatic rings. The van der Waals surface area contributed by atoms with Crippen molar-refractivity contribution < 1.29 is 19.4 Å². The lowest BCUT2D eigenvalue weighted by Gasteiger charge is -2.17. The van der Waals surface area contributed by atoms with E-state index in [2.05, 4.69) is 0 Å². The van der Waals surface area contributed by atoms with Gasteiger partial charge in [0.1, 0.15) is 36.0 Å². The van der Waals surface area contributed by atoms with Crippen LogP contribution in [0.4, 0.5) is 0 Å². The second kappa shape index (κ2) is 8.41. The summed E-state index contributed by atoms with van der Waals surface area (Å²) >= 11 is 0. The van der Waals surface area contributed by atoms with Crippen LogP contribution < -0.4 is 9.47 Å². The molecule has 3 aromatic carbocycles. The van der Waals surface area contributed by atoms with Gasteiger partial charge in [-0.3, -0.25) is 4.79 Å². The number of Topliss-reactive ketones (excluding diaryl/α,β-unsaturated/α-hetero) is 1. The molecule has 0 fully saturated rings. The first-order valence-corrected chi connectivity index (χ1v) is 8.77. The minimum Gasteiger partial charge on any atom is -0.507 e. The number of carbonyl (C=O) groups is 1. The standard InChI is InChI=1S/C23H22O4/c1-16-20(26-14-18-9-5-3-6-10-18)13-21(22(17(2)24)23(16)25)27-15-19-11-7-4-8-12-19/h3-13,25H,14-15H2,1-2H3. The van der Waals surface area contributed by atoms with E-state index in [1.54, 1.807) is 13.0 Å². The molecule has 3 rings (SSSR count). The van der Waals surface area contributed by atoms with Crippen LogP contribution in [0, 0.1) is 6.92 Å². The summed E-state index contributed by atoms with van der Waals surface area (Å²) in [5.41, 5.74) is 2.68. The first-order valence-electron chi connectivity index (χ1n) is 8.77. The van der Waals surface area contributed by atoms with Crippen LogP contribution in [0.25, 0.3) is 0 Å². The van der Waals surface area contributed by atoms with Crippen molar-refractivity contribution in [1.29, 1.82) is 0 Å². The number of carbonyl (C=O) groups excluding carboxylic acids is 1. The Morgan fingerprint density at radius 3 is 1.81 bits per heavy atom. The highest BCUT2D eigenvalue weighted by molar-refractivity contribution is 6.00. The SMILES string of the molecule is CC(=O)c1c(OCc2ccccc2)cc(OCc2ccccc2)c(C)c1O. The number of aromatic hydroxyl groups is 1. The Kier molecular flexibility index (Phi) is 5.77. The van der Waals surface area contributed by atoms with Crippen LogP contribution in [-0.2, 0) is 13.2 Å². The minimum atomic E-state index is -0.256. The molecule has 0 aliphatic rings. The van der Waals surface area contributed by atoms with Crippen LogP contribution in [0.5, 0.6) is 17.2 Å². The molecule has 27 heavy (non-hydrogen) atoms. The van der Waals surface area contributed by atoms with Crippen molar-refractivity contribution in [1.82, 2.24) is 0 Å². The zero-order valence-corrected chi connectivity index (χ0v) is 15.4. The summed E-state index contributed by atoms with van der Waals surface area (Å²) in [5, 5.41) is 10.5. The highest BCUT2D eigenvalue weighted by atomic mass is 16.5. The lowest BCUT2D eigenvalue weighted by molar-refractivity contribution is 0.101. The lowest BCUT2D eigenvalue weighted by Crippen LogP contribution is -2.05. The zero-order valence-electron chi connectivity index (χ0n) is 15.4. The Hall–Kier alpha value is -3.27. The van der Waals surface area contributed by atoms with Gasteiger partial charge in [-0.15, -0.1) is 0 Å². The predicted molar refractivity (Wildman–Crippen MR) is 104 cm³/mol. The van der Waals surface area contributed by atoms with Gasteiger partial charge in [-0.05, 0) is 25.0 Å². The summed E-state index contributed by atoms with van der Waals surface area (Å²) in [7, 11) is 0. The van der Waals surface area contributed by atoms with Crippen molar-refractivity contribution in [3.05, 3.63) is 89.0 Å². The molecule has 0 saturated heterocycles. The molecule has 4 nitrogen and oxygen atoms in total. The number of phenolic OH excluding ortho intramolecular Hbond substituents is 1. The van der Waals surface area contributed by atoms with Crippen molar-refractivity contribution in [2.45, 2.75) is 27.1 Å². The van der Waals surface area contributed by atoms with Gasteiger partial charge in [0.05, 0.1) is 0 Å². The Labute approximate surface area is 159 Å². The van der Waals surface area contributed by atoms with Crippen molar-refractivity contribution >= 4 is 5.78 Å². The molecule has 0 aliphatic heterocycles. The molecule has 138 valence electrons. The van der Waals surface area contributed by atoms with Crippen LogP contribution in [-0.4, -0.2) is 10.9 Å². The first kappa shape index (κ1) is 18.5. The van der Waals surface area contributed by atoms with Gasteiger partial charge in [-0.1, -0.05) is 60.7 Å². The Balaban J connectivity index is 1.87. The van der Waals surface area contributed by atoms with Crippen LogP contribution >= 0.6 is 0 Å². The summed E-state index contributed by atoms with van der Waals surface area (Å²) in [6.07, 6.45) is 0. The second-order valence-electron chi connectivity index (χ2n) is 6.33. The van der Waals surface area contributed by atoms with E-state index >= 15 is 0 Å². The van der Waals surface area contributed by atoms with E-state index < -0.39 is 0 Å². The number of hydrogen-bond acceptors (Lipinski definition) is 4. The monoisotopic (exact) mass is 362 g/mol. The molecular formula is C23H22O4. The third-order valence-corrected chi connectivity index (χ3v) is 4.30. The number of phenols is 1. The van der Waals surface area contributed by atoms with Crippen LogP contribution in [0.15, 0.2) is 66.7 Å². The smallest absolute Gasteiger partial charge is 0.167 e. The maximum absolute atomic E-state index is 12.1. The van der Waals surface area contributed by atoms with Crippen LogP contribution in [0.3, 0.4) is 0 Å². The second-order valence-corrected chi connectivity index (χ2v) is 6.33. The molecule has 0 unspecified atom stereocenters. The van der Waals surface area contributed by atoms with E-state index in [1.165, 1.54) is 6.92 Å². The highest BCUT2D eigenvalue weighted by Gasteiger charge is 2.20. The van der Waals surface area contributed by atoms with E-state index in [0.717, 1.165) is 11.1 Å². The summed E-state index contributed by atoms with van der Waals surface area (Å²) in [4.78, 5) is 12.1. The van der Waals surface area contributed by atoms with Gasteiger partial charge in [0, 0.05) is 11.6 Å². The number of rotatable bonds is 7.